The minimum Gasteiger partial charge on any atom is -0.462 e. The molecule has 1 heterocycles. The van der Waals surface area contributed by atoms with Crippen molar-refractivity contribution in [2.45, 2.75) is 27.3 Å². The van der Waals surface area contributed by atoms with Crippen LogP contribution in [0, 0.1) is 0 Å². The van der Waals surface area contributed by atoms with Gasteiger partial charge < -0.3 is 14.8 Å². The van der Waals surface area contributed by atoms with Gasteiger partial charge in [0.05, 0.1) is 13.2 Å². The van der Waals surface area contributed by atoms with Gasteiger partial charge in [-0.05, 0) is 32.9 Å². The van der Waals surface area contributed by atoms with Crippen molar-refractivity contribution in [3.05, 3.63) is 49.9 Å². The molecule has 2 rings (SSSR count). The lowest BCUT2D eigenvalue weighted by atomic mass is 10.3. The van der Waals surface area contributed by atoms with Crippen LogP contribution in [0.4, 0.5) is 5.69 Å². The van der Waals surface area contributed by atoms with Crippen LogP contribution in [0.15, 0.2) is 35.1 Å². The van der Waals surface area contributed by atoms with Gasteiger partial charge in [-0.3, -0.25) is 9.36 Å². The molecule has 0 saturated heterocycles. The molecule has 1 aromatic heterocycles. The summed E-state index contributed by atoms with van der Waals surface area (Å²) in [7, 11) is 0. The molecule has 0 aliphatic rings. The van der Waals surface area contributed by atoms with Gasteiger partial charge in [0.2, 0.25) is 0 Å². The lowest BCUT2D eigenvalue weighted by molar-refractivity contribution is -0.142. The summed E-state index contributed by atoms with van der Waals surface area (Å²) in [5.74, 6) is -1.61. The standard InChI is InChI=1S/C19H22N2O5S/c1-4-21-16(22)14(12-20-13-10-8-7-9-11-13)27-17(21)15(18(23)25-5-2)19(24)26-6-3/h7-12,20H,4-6H2,1-3H3. The number of nitrogens with one attached hydrogen (secondary N) is 1. The van der Waals surface area contributed by atoms with Gasteiger partial charge in [-0.2, -0.15) is 0 Å². The average Bonchev–Trinajstić information content (AvgIpc) is 2.96. The molecule has 0 saturated carbocycles. The van der Waals surface area contributed by atoms with E-state index in [1.165, 1.54) is 4.57 Å². The number of para-hydroxylation sites is 1. The number of ether oxygens (including phenoxy) is 2. The number of hydrogen-bond donors (Lipinski definition) is 1. The number of anilines is 1. The number of rotatable bonds is 7. The minimum atomic E-state index is -0.804. The van der Waals surface area contributed by atoms with Crippen LogP contribution in [0.5, 0.6) is 0 Å². The molecule has 7 nitrogen and oxygen atoms in total. The second-order valence-electron chi connectivity index (χ2n) is 5.29. The Labute approximate surface area is 160 Å². The zero-order valence-electron chi connectivity index (χ0n) is 15.5. The van der Waals surface area contributed by atoms with Crippen molar-refractivity contribution in [1.29, 1.82) is 0 Å². The third kappa shape index (κ3) is 4.85. The zero-order valence-corrected chi connectivity index (χ0v) is 16.3. The van der Waals surface area contributed by atoms with Crippen molar-refractivity contribution >= 4 is 40.7 Å². The van der Waals surface area contributed by atoms with Gasteiger partial charge in [0, 0.05) is 18.4 Å². The third-order valence-corrected chi connectivity index (χ3v) is 4.67. The summed E-state index contributed by atoms with van der Waals surface area (Å²) in [6.07, 6.45) is 1.56. The van der Waals surface area contributed by atoms with Crippen molar-refractivity contribution in [2.75, 3.05) is 18.5 Å². The fourth-order valence-corrected chi connectivity index (χ4v) is 3.45. The first-order valence-corrected chi connectivity index (χ1v) is 9.45. The maximum atomic E-state index is 12.7. The van der Waals surface area contributed by atoms with Crippen molar-refractivity contribution < 1.29 is 19.1 Å². The highest BCUT2D eigenvalue weighted by Crippen LogP contribution is 2.05. The second-order valence-corrected chi connectivity index (χ2v) is 6.32. The Morgan fingerprint density at radius 2 is 1.67 bits per heavy atom. The van der Waals surface area contributed by atoms with E-state index < -0.39 is 11.9 Å². The molecule has 0 spiro atoms. The van der Waals surface area contributed by atoms with Crippen LogP contribution >= 0.6 is 11.3 Å². The summed E-state index contributed by atoms with van der Waals surface area (Å²) in [6, 6.07) is 9.34. The number of nitrogens with zero attached hydrogens (tertiary/aromatic N) is 1. The quantitative estimate of drug-likeness (QED) is 0.562. The number of carbonyl (C=O) groups excluding carboxylic acids is 2. The molecular formula is C19H22N2O5S. The van der Waals surface area contributed by atoms with E-state index in [1.54, 1.807) is 27.0 Å². The van der Waals surface area contributed by atoms with Gasteiger partial charge in [0.1, 0.15) is 9.20 Å². The summed E-state index contributed by atoms with van der Waals surface area (Å²) in [4.78, 5) is 37.4. The van der Waals surface area contributed by atoms with Crippen LogP contribution in [0.3, 0.4) is 0 Å². The number of benzene rings is 1. The first-order valence-electron chi connectivity index (χ1n) is 8.63. The molecule has 0 unspecified atom stereocenters. The first-order chi connectivity index (χ1) is 13.0. The highest BCUT2D eigenvalue weighted by Gasteiger charge is 2.25. The van der Waals surface area contributed by atoms with Gasteiger partial charge in [-0.1, -0.05) is 18.2 Å². The topological polar surface area (TPSA) is 86.6 Å². The molecule has 0 fully saturated rings. The number of hydrogen-bond acceptors (Lipinski definition) is 7. The molecule has 1 N–H and O–H groups in total. The van der Waals surface area contributed by atoms with Crippen LogP contribution in [0.2, 0.25) is 0 Å². The number of aromatic nitrogens is 1. The highest BCUT2D eigenvalue weighted by atomic mass is 32.1. The van der Waals surface area contributed by atoms with Crippen molar-refractivity contribution in [1.82, 2.24) is 4.57 Å². The first kappa shape index (κ1) is 20.4. The molecule has 0 atom stereocenters. The van der Waals surface area contributed by atoms with Gasteiger partial charge in [0.25, 0.3) is 5.56 Å². The summed E-state index contributed by atoms with van der Waals surface area (Å²) in [5.41, 5.74) is 0.254. The Morgan fingerprint density at radius 1 is 1.07 bits per heavy atom. The molecule has 27 heavy (non-hydrogen) atoms. The molecule has 144 valence electrons. The van der Waals surface area contributed by atoms with E-state index in [-0.39, 0.29) is 29.0 Å². The predicted molar refractivity (Wildman–Crippen MR) is 105 cm³/mol. The Kier molecular flexibility index (Phi) is 7.36. The largest absolute Gasteiger partial charge is 0.462 e. The van der Waals surface area contributed by atoms with Gasteiger partial charge >= 0.3 is 11.9 Å². The Bertz CT molecular complexity index is 956. The van der Waals surface area contributed by atoms with E-state index in [4.69, 9.17) is 9.47 Å². The maximum Gasteiger partial charge on any atom is 0.348 e. The average molecular weight is 390 g/mol. The van der Waals surface area contributed by atoms with Crippen LogP contribution in [-0.2, 0) is 25.6 Å². The maximum absolute atomic E-state index is 12.7. The summed E-state index contributed by atoms with van der Waals surface area (Å²) >= 11 is 1.04. The Hall–Kier alpha value is -2.87. The Balaban J connectivity index is 2.65. The van der Waals surface area contributed by atoms with Gasteiger partial charge in [-0.25, -0.2) is 9.59 Å². The molecule has 0 amide bonds. The minimum absolute atomic E-state index is 0.109. The molecule has 1 aromatic carbocycles. The van der Waals surface area contributed by atoms with Crippen LogP contribution in [-0.4, -0.2) is 29.7 Å². The van der Waals surface area contributed by atoms with Crippen LogP contribution in [0.25, 0.3) is 11.8 Å². The summed E-state index contributed by atoms with van der Waals surface area (Å²) in [6.45, 7) is 5.57. The van der Waals surface area contributed by atoms with E-state index in [1.807, 2.05) is 30.3 Å². The lowest BCUT2D eigenvalue weighted by Gasteiger charge is -2.06. The second kappa shape index (κ2) is 9.72. The van der Waals surface area contributed by atoms with E-state index in [9.17, 15) is 14.4 Å². The monoisotopic (exact) mass is 390 g/mol. The molecular weight excluding hydrogens is 368 g/mol. The predicted octanol–water partition coefficient (Wildman–Crippen LogP) is 1.06. The number of carbonyl (C=O) groups is 2. The van der Waals surface area contributed by atoms with Gasteiger partial charge in [-0.15, -0.1) is 11.3 Å². The van der Waals surface area contributed by atoms with E-state index in [0.29, 0.717) is 11.1 Å². The van der Waals surface area contributed by atoms with E-state index in [0.717, 1.165) is 17.0 Å². The normalized spacial score (nSPS) is 11.1. The smallest absolute Gasteiger partial charge is 0.348 e. The third-order valence-electron chi connectivity index (χ3n) is 3.54. The lowest BCUT2D eigenvalue weighted by Crippen LogP contribution is -2.34. The van der Waals surface area contributed by atoms with Crippen LogP contribution in [0.1, 0.15) is 20.8 Å². The summed E-state index contributed by atoms with van der Waals surface area (Å²) in [5, 5.41) is 3.04. The number of esters is 2. The van der Waals surface area contributed by atoms with Gasteiger partial charge in [0.15, 0.2) is 5.57 Å². The molecule has 0 aliphatic carbocycles. The summed E-state index contributed by atoms with van der Waals surface area (Å²) < 4.78 is 11.9. The van der Waals surface area contributed by atoms with Crippen molar-refractivity contribution in [2.24, 2.45) is 0 Å². The van der Waals surface area contributed by atoms with E-state index in [2.05, 4.69) is 5.32 Å². The molecule has 8 heteroatoms. The van der Waals surface area contributed by atoms with Crippen molar-refractivity contribution in [3.63, 3.8) is 0 Å². The molecule has 0 bridgehead atoms. The molecule has 2 aromatic rings. The fraction of sp³-hybridized carbons (Fsp3) is 0.316. The van der Waals surface area contributed by atoms with Crippen LogP contribution < -0.4 is 20.1 Å². The van der Waals surface area contributed by atoms with Crippen molar-refractivity contribution in [3.8, 4) is 0 Å². The van der Waals surface area contributed by atoms with E-state index >= 15 is 0 Å². The highest BCUT2D eigenvalue weighted by molar-refractivity contribution is 7.07. The molecule has 0 aliphatic heterocycles. The number of thiazole rings is 1. The zero-order chi connectivity index (χ0) is 19.8. The molecule has 0 radical (unpaired) electrons. The Morgan fingerprint density at radius 3 is 2.19 bits per heavy atom. The fourth-order valence-electron chi connectivity index (χ4n) is 2.34. The SMILES string of the molecule is CCOC(=O)C(C(=O)OCC)=c1sc(=CNc2ccccc2)c(=O)n1CC.